The first kappa shape index (κ1) is 11.0. The molecule has 0 saturated heterocycles. The van der Waals surface area contributed by atoms with Gasteiger partial charge in [-0.2, -0.15) is 0 Å². The predicted octanol–water partition coefficient (Wildman–Crippen LogP) is 3.78. The van der Waals surface area contributed by atoms with E-state index in [1.807, 2.05) is 17.5 Å². The molecule has 1 aromatic heterocycles. The molecule has 0 bridgehead atoms. The molecular formula is C11H8F3NS. The molecule has 16 heavy (non-hydrogen) atoms. The predicted molar refractivity (Wildman–Crippen MR) is 58.0 cm³/mol. The highest BCUT2D eigenvalue weighted by Gasteiger charge is 2.09. The van der Waals surface area contributed by atoms with Crippen molar-refractivity contribution in [3.8, 4) is 0 Å². The van der Waals surface area contributed by atoms with Crippen LogP contribution in [0.4, 0.5) is 18.9 Å². The van der Waals surface area contributed by atoms with Gasteiger partial charge >= 0.3 is 0 Å². The van der Waals surface area contributed by atoms with Crippen LogP contribution in [0.5, 0.6) is 0 Å². The topological polar surface area (TPSA) is 12.0 Å². The van der Waals surface area contributed by atoms with Crippen LogP contribution in [0, 0.1) is 17.5 Å². The Morgan fingerprint density at radius 3 is 2.50 bits per heavy atom. The van der Waals surface area contributed by atoms with Crippen LogP contribution >= 0.6 is 11.3 Å². The van der Waals surface area contributed by atoms with Crippen molar-refractivity contribution in [2.24, 2.45) is 0 Å². The van der Waals surface area contributed by atoms with Crippen molar-refractivity contribution in [3.05, 3.63) is 52.0 Å². The first-order valence-corrected chi connectivity index (χ1v) is 5.45. The largest absolute Gasteiger partial charge is 0.378 e. The number of thiophene rings is 1. The van der Waals surface area contributed by atoms with Gasteiger partial charge in [-0.25, -0.2) is 13.2 Å². The number of nitrogens with one attached hydrogen (secondary N) is 1. The maximum absolute atomic E-state index is 13.2. The molecule has 2 aromatic rings. The zero-order chi connectivity index (χ0) is 11.5. The second-order valence-electron chi connectivity index (χ2n) is 3.18. The molecule has 1 heterocycles. The molecule has 0 amide bonds. The second kappa shape index (κ2) is 4.57. The molecule has 0 saturated carbocycles. The third kappa shape index (κ3) is 2.36. The van der Waals surface area contributed by atoms with E-state index in [2.05, 4.69) is 5.32 Å². The Morgan fingerprint density at radius 1 is 1.06 bits per heavy atom. The highest BCUT2D eigenvalue weighted by molar-refractivity contribution is 7.09. The van der Waals surface area contributed by atoms with Gasteiger partial charge in [0.25, 0.3) is 0 Å². The number of hydrogen-bond acceptors (Lipinski definition) is 2. The first-order chi connectivity index (χ1) is 7.66. The van der Waals surface area contributed by atoms with Crippen LogP contribution in [-0.4, -0.2) is 0 Å². The van der Waals surface area contributed by atoms with Crippen molar-refractivity contribution in [1.29, 1.82) is 0 Å². The lowest BCUT2D eigenvalue weighted by Gasteiger charge is -2.06. The number of halogens is 3. The van der Waals surface area contributed by atoms with Crippen molar-refractivity contribution in [2.75, 3.05) is 5.32 Å². The molecule has 0 radical (unpaired) electrons. The zero-order valence-electron chi connectivity index (χ0n) is 8.14. The highest BCUT2D eigenvalue weighted by atomic mass is 32.1. The van der Waals surface area contributed by atoms with E-state index in [0.717, 1.165) is 10.9 Å². The van der Waals surface area contributed by atoms with Crippen LogP contribution in [0.3, 0.4) is 0 Å². The molecule has 0 aliphatic rings. The van der Waals surface area contributed by atoms with E-state index < -0.39 is 17.5 Å². The van der Waals surface area contributed by atoms with Gasteiger partial charge < -0.3 is 5.32 Å². The summed E-state index contributed by atoms with van der Waals surface area (Å²) in [5.74, 6) is -3.04. The van der Waals surface area contributed by atoms with Gasteiger partial charge in [0.1, 0.15) is 5.82 Å². The summed E-state index contributed by atoms with van der Waals surface area (Å²) < 4.78 is 38.7. The van der Waals surface area contributed by atoms with Gasteiger partial charge in [0.2, 0.25) is 0 Å². The monoisotopic (exact) mass is 243 g/mol. The number of anilines is 1. The smallest absolute Gasteiger partial charge is 0.161 e. The Balaban J connectivity index is 2.12. The van der Waals surface area contributed by atoms with Crippen molar-refractivity contribution in [3.63, 3.8) is 0 Å². The lowest BCUT2D eigenvalue weighted by molar-refractivity contribution is 0.496. The third-order valence-corrected chi connectivity index (χ3v) is 2.92. The molecule has 0 atom stereocenters. The van der Waals surface area contributed by atoms with Crippen LogP contribution in [0.1, 0.15) is 4.88 Å². The second-order valence-corrected chi connectivity index (χ2v) is 4.21. The Bertz CT molecular complexity index is 482. The minimum Gasteiger partial charge on any atom is -0.378 e. The van der Waals surface area contributed by atoms with E-state index >= 15 is 0 Å². The zero-order valence-corrected chi connectivity index (χ0v) is 8.95. The van der Waals surface area contributed by atoms with Gasteiger partial charge in [0.05, 0.1) is 5.69 Å². The molecule has 1 aromatic carbocycles. The van der Waals surface area contributed by atoms with E-state index in [9.17, 15) is 13.2 Å². The van der Waals surface area contributed by atoms with Gasteiger partial charge in [0.15, 0.2) is 11.6 Å². The first-order valence-electron chi connectivity index (χ1n) is 4.57. The quantitative estimate of drug-likeness (QED) is 0.809. The van der Waals surface area contributed by atoms with Gasteiger partial charge in [-0.15, -0.1) is 11.3 Å². The Labute approximate surface area is 94.5 Å². The van der Waals surface area contributed by atoms with Crippen LogP contribution in [0.25, 0.3) is 0 Å². The number of benzene rings is 1. The summed E-state index contributed by atoms with van der Waals surface area (Å²) in [6, 6.07) is 5.09. The molecule has 2 rings (SSSR count). The van der Waals surface area contributed by atoms with E-state index in [0.29, 0.717) is 12.6 Å². The molecule has 0 aliphatic heterocycles. The number of hydrogen-bond donors (Lipinski definition) is 1. The minimum absolute atomic E-state index is 0.0349. The molecular weight excluding hydrogens is 235 g/mol. The Kier molecular flexibility index (Phi) is 3.14. The summed E-state index contributed by atoms with van der Waals surface area (Å²) in [6.45, 7) is 0.389. The third-order valence-electron chi connectivity index (χ3n) is 2.04. The molecule has 0 fully saturated rings. The summed E-state index contributed by atoms with van der Waals surface area (Å²) in [5, 5.41) is 4.60. The SMILES string of the molecule is Fc1cc(F)c(NCc2cccs2)cc1F. The van der Waals surface area contributed by atoms with Gasteiger partial charge in [-0.1, -0.05) is 6.07 Å². The van der Waals surface area contributed by atoms with Gasteiger partial charge in [-0.05, 0) is 11.4 Å². The van der Waals surface area contributed by atoms with Gasteiger partial charge in [-0.3, -0.25) is 0 Å². The normalized spacial score (nSPS) is 10.4. The van der Waals surface area contributed by atoms with Crippen molar-refractivity contribution >= 4 is 17.0 Å². The fourth-order valence-corrected chi connectivity index (χ4v) is 1.90. The Morgan fingerprint density at radius 2 is 1.81 bits per heavy atom. The van der Waals surface area contributed by atoms with Crippen LogP contribution in [0.15, 0.2) is 29.6 Å². The molecule has 0 unspecified atom stereocenters. The van der Waals surface area contributed by atoms with Crippen molar-refractivity contribution in [2.45, 2.75) is 6.54 Å². The lowest BCUT2D eigenvalue weighted by Crippen LogP contribution is -2.01. The van der Waals surface area contributed by atoms with Crippen LogP contribution in [-0.2, 0) is 6.54 Å². The summed E-state index contributed by atoms with van der Waals surface area (Å²) in [4.78, 5) is 0.990. The fourth-order valence-electron chi connectivity index (χ4n) is 1.25. The van der Waals surface area contributed by atoms with E-state index in [1.165, 1.54) is 11.3 Å². The standard InChI is InChI=1S/C11H8F3NS/c12-8-4-10(14)11(5-9(8)13)15-6-7-2-1-3-16-7/h1-5,15H,6H2. The molecule has 0 aliphatic carbocycles. The molecule has 84 valence electrons. The fraction of sp³-hybridized carbons (Fsp3) is 0.0909. The average molecular weight is 243 g/mol. The van der Waals surface area contributed by atoms with Gasteiger partial charge in [0, 0.05) is 23.6 Å². The van der Waals surface area contributed by atoms with Crippen LogP contribution in [0.2, 0.25) is 0 Å². The summed E-state index contributed by atoms with van der Waals surface area (Å²) in [7, 11) is 0. The maximum atomic E-state index is 13.2. The molecule has 5 heteroatoms. The molecule has 1 N–H and O–H groups in total. The summed E-state index contributed by atoms with van der Waals surface area (Å²) in [6.07, 6.45) is 0. The summed E-state index contributed by atoms with van der Waals surface area (Å²) in [5.41, 5.74) is -0.0349. The minimum atomic E-state index is -1.18. The van der Waals surface area contributed by atoms with Crippen molar-refractivity contribution in [1.82, 2.24) is 0 Å². The summed E-state index contributed by atoms with van der Waals surface area (Å²) >= 11 is 1.50. The van der Waals surface area contributed by atoms with Crippen molar-refractivity contribution < 1.29 is 13.2 Å². The van der Waals surface area contributed by atoms with E-state index in [-0.39, 0.29) is 5.69 Å². The highest BCUT2D eigenvalue weighted by Crippen LogP contribution is 2.19. The molecule has 0 spiro atoms. The van der Waals surface area contributed by atoms with E-state index in [1.54, 1.807) is 0 Å². The lowest BCUT2D eigenvalue weighted by atomic mass is 10.3. The maximum Gasteiger partial charge on any atom is 0.161 e. The number of rotatable bonds is 3. The molecule has 1 nitrogen and oxygen atoms in total. The van der Waals surface area contributed by atoms with E-state index in [4.69, 9.17) is 0 Å². The average Bonchev–Trinajstić information content (AvgIpc) is 2.74. The van der Waals surface area contributed by atoms with Crippen LogP contribution < -0.4 is 5.32 Å². The Hall–Kier alpha value is -1.49.